The van der Waals surface area contributed by atoms with Crippen molar-refractivity contribution in [3.05, 3.63) is 43.1 Å². The SMILES string of the molecule is c1ccc2c(-c3ncnc4nc[nH]c34)c[nH]c2c1. The molecule has 0 bridgehead atoms. The van der Waals surface area contributed by atoms with Gasteiger partial charge in [-0.25, -0.2) is 15.0 Å². The zero-order chi connectivity index (χ0) is 11.9. The molecule has 0 saturated heterocycles. The van der Waals surface area contributed by atoms with Crippen molar-refractivity contribution in [2.75, 3.05) is 0 Å². The van der Waals surface area contributed by atoms with Crippen LogP contribution in [0.4, 0.5) is 0 Å². The van der Waals surface area contributed by atoms with E-state index in [1.165, 1.54) is 0 Å². The van der Waals surface area contributed by atoms with Crippen molar-refractivity contribution >= 4 is 22.1 Å². The lowest BCUT2D eigenvalue weighted by Crippen LogP contribution is -1.87. The molecule has 0 aliphatic rings. The Morgan fingerprint density at radius 1 is 0.944 bits per heavy atom. The number of H-pyrrole nitrogens is 2. The third-order valence-corrected chi connectivity index (χ3v) is 3.07. The largest absolute Gasteiger partial charge is 0.360 e. The molecule has 4 rings (SSSR count). The molecule has 0 saturated carbocycles. The molecule has 0 unspecified atom stereocenters. The summed E-state index contributed by atoms with van der Waals surface area (Å²) >= 11 is 0. The molecule has 5 nitrogen and oxygen atoms in total. The van der Waals surface area contributed by atoms with Crippen LogP contribution in [0.3, 0.4) is 0 Å². The molecule has 0 spiro atoms. The first-order valence-electron chi connectivity index (χ1n) is 5.64. The minimum Gasteiger partial charge on any atom is -0.360 e. The molecule has 0 radical (unpaired) electrons. The number of imidazole rings is 1. The van der Waals surface area contributed by atoms with E-state index in [0.717, 1.165) is 27.7 Å². The summed E-state index contributed by atoms with van der Waals surface area (Å²) in [4.78, 5) is 19.0. The number of para-hydroxylation sites is 1. The molecule has 0 aliphatic heterocycles. The van der Waals surface area contributed by atoms with Gasteiger partial charge in [0.25, 0.3) is 0 Å². The topological polar surface area (TPSA) is 70.2 Å². The predicted octanol–water partition coefficient (Wildman–Crippen LogP) is 2.50. The first kappa shape index (κ1) is 9.35. The van der Waals surface area contributed by atoms with Crippen molar-refractivity contribution in [1.29, 1.82) is 0 Å². The van der Waals surface area contributed by atoms with E-state index in [1.807, 2.05) is 24.4 Å². The zero-order valence-corrected chi connectivity index (χ0v) is 9.38. The lowest BCUT2D eigenvalue weighted by molar-refractivity contribution is 1.20. The van der Waals surface area contributed by atoms with Gasteiger partial charge in [-0.05, 0) is 6.07 Å². The zero-order valence-electron chi connectivity index (χ0n) is 9.38. The summed E-state index contributed by atoms with van der Waals surface area (Å²) in [7, 11) is 0. The number of benzene rings is 1. The smallest absolute Gasteiger partial charge is 0.181 e. The molecule has 0 amide bonds. The molecule has 3 aromatic heterocycles. The van der Waals surface area contributed by atoms with E-state index in [4.69, 9.17) is 0 Å². The fourth-order valence-electron chi connectivity index (χ4n) is 2.24. The third-order valence-electron chi connectivity index (χ3n) is 3.07. The van der Waals surface area contributed by atoms with Crippen LogP contribution >= 0.6 is 0 Å². The van der Waals surface area contributed by atoms with Gasteiger partial charge in [-0.1, -0.05) is 18.2 Å². The predicted molar refractivity (Wildman–Crippen MR) is 69.0 cm³/mol. The maximum Gasteiger partial charge on any atom is 0.181 e. The number of aromatic amines is 2. The summed E-state index contributed by atoms with van der Waals surface area (Å²) in [5, 5.41) is 1.15. The van der Waals surface area contributed by atoms with E-state index in [0.29, 0.717) is 5.65 Å². The normalized spacial score (nSPS) is 11.3. The summed E-state index contributed by atoms with van der Waals surface area (Å²) in [6.07, 6.45) is 5.14. The van der Waals surface area contributed by atoms with Gasteiger partial charge in [0.05, 0.1) is 6.33 Å². The molecule has 0 aliphatic carbocycles. The average Bonchev–Trinajstić information content (AvgIpc) is 3.05. The Balaban J connectivity index is 2.10. The van der Waals surface area contributed by atoms with Crippen molar-refractivity contribution < 1.29 is 0 Å². The Morgan fingerprint density at radius 2 is 1.89 bits per heavy atom. The first-order chi connectivity index (χ1) is 8.93. The third kappa shape index (κ3) is 1.18. The van der Waals surface area contributed by atoms with Gasteiger partial charge in [0.1, 0.15) is 17.5 Å². The highest BCUT2D eigenvalue weighted by Crippen LogP contribution is 2.29. The van der Waals surface area contributed by atoms with Crippen molar-refractivity contribution in [1.82, 2.24) is 24.9 Å². The summed E-state index contributed by atoms with van der Waals surface area (Å²) in [5.74, 6) is 0. The molecule has 1 aromatic carbocycles. The lowest BCUT2D eigenvalue weighted by atomic mass is 10.1. The molecule has 18 heavy (non-hydrogen) atoms. The minimum absolute atomic E-state index is 0.685. The van der Waals surface area contributed by atoms with Crippen LogP contribution in [0.5, 0.6) is 0 Å². The molecule has 4 aromatic rings. The van der Waals surface area contributed by atoms with E-state index in [1.54, 1.807) is 12.7 Å². The molecule has 3 heterocycles. The Labute approximate surface area is 102 Å². The standard InChI is InChI=1S/C13H9N5/c1-2-4-10-8(3-1)9(5-14-10)11-12-13(17-6-15-11)18-7-16-12/h1-7,14H,(H,15,16,17,18). The quantitative estimate of drug-likeness (QED) is 0.532. The number of hydrogen-bond acceptors (Lipinski definition) is 3. The van der Waals surface area contributed by atoms with Crippen LogP contribution in [0.1, 0.15) is 0 Å². The minimum atomic E-state index is 0.685. The van der Waals surface area contributed by atoms with Crippen LogP contribution in [0.25, 0.3) is 33.3 Å². The van der Waals surface area contributed by atoms with E-state index >= 15 is 0 Å². The van der Waals surface area contributed by atoms with E-state index in [2.05, 4.69) is 31.0 Å². The maximum absolute atomic E-state index is 4.37. The van der Waals surface area contributed by atoms with Gasteiger partial charge >= 0.3 is 0 Å². The van der Waals surface area contributed by atoms with Gasteiger partial charge < -0.3 is 9.97 Å². The second kappa shape index (κ2) is 3.40. The van der Waals surface area contributed by atoms with Crippen molar-refractivity contribution in [3.63, 3.8) is 0 Å². The maximum atomic E-state index is 4.37. The Hall–Kier alpha value is -2.69. The second-order valence-electron chi connectivity index (χ2n) is 4.07. The first-order valence-corrected chi connectivity index (χ1v) is 5.64. The van der Waals surface area contributed by atoms with Crippen LogP contribution in [0, 0.1) is 0 Å². The van der Waals surface area contributed by atoms with E-state index in [-0.39, 0.29) is 0 Å². The Kier molecular flexibility index (Phi) is 1.77. The van der Waals surface area contributed by atoms with Gasteiger partial charge in [0.2, 0.25) is 0 Å². The summed E-state index contributed by atoms with van der Waals surface area (Å²) in [5.41, 5.74) is 4.57. The van der Waals surface area contributed by atoms with Crippen LogP contribution in [0.15, 0.2) is 43.1 Å². The van der Waals surface area contributed by atoms with Crippen molar-refractivity contribution in [2.45, 2.75) is 0 Å². The van der Waals surface area contributed by atoms with Crippen LogP contribution in [-0.4, -0.2) is 24.9 Å². The lowest BCUT2D eigenvalue weighted by Gasteiger charge is -1.99. The highest BCUT2D eigenvalue weighted by molar-refractivity contribution is 6.00. The monoisotopic (exact) mass is 235 g/mol. The summed E-state index contributed by atoms with van der Waals surface area (Å²) < 4.78 is 0. The summed E-state index contributed by atoms with van der Waals surface area (Å²) in [6, 6.07) is 8.15. The number of rotatable bonds is 1. The average molecular weight is 235 g/mol. The van der Waals surface area contributed by atoms with Gasteiger partial charge in [0, 0.05) is 22.7 Å². The molecule has 0 atom stereocenters. The van der Waals surface area contributed by atoms with Gasteiger partial charge in [-0.2, -0.15) is 0 Å². The highest BCUT2D eigenvalue weighted by atomic mass is 15.0. The Morgan fingerprint density at radius 3 is 2.89 bits per heavy atom. The second-order valence-corrected chi connectivity index (χ2v) is 4.07. The van der Waals surface area contributed by atoms with Gasteiger partial charge in [-0.15, -0.1) is 0 Å². The van der Waals surface area contributed by atoms with Crippen molar-refractivity contribution in [3.8, 4) is 11.3 Å². The number of fused-ring (bicyclic) bond motifs is 2. The van der Waals surface area contributed by atoms with Gasteiger partial charge in [0.15, 0.2) is 5.65 Å². The molecule has 2 N–H and O–H groups in total. The van der Waals surface area contributed by atoms with Crippen molar-refractivity contribution in [2.24, 2.45) is 0 Å². The molecule has 5 heteroatoms. The number of nitrogens with zero attached hydrogens (tertiary/aromatic N) is 3. The number of aromatic nitrogens is 5. The molecule has 86 valence electrons. The van der Waals surface area contributed by atoms with Crippen LogP contribution in [-0.2, 0) is 0 Å². The van der Waals surface area contributed by atoms with Crippen LogP contribution < -0.4 is 0 Å². The summed E-state index contributed by atoms with van der Waals surface area (Å²) in [6.45, 7) is 0. The van der Waals surface area contributed by atoms with E-state index in [9.17, 15) is 0 Å². The highest BCUT2D eigenvalue weighted by Gasteiger charge is 2.12. The molecular weight excluding hydrogens is 226 g/mol. The molecular formula is C13H9N5. The fourth-order valence-corrected chi connectivity index (χ4v) is 2.24. The van der Waals surface area contributed by atoms with Gasteiger partial charge in [-0.3, -0.25) is 0 Å². The van der Waals surface area contributed by atoms with E-state index < -0.39 is 0 Å². The molecule has 0 fully saturated rings. The number of hydrogen-bond donors (Lipinski definition) is 2. The Bertz CT molecular complexity index is 842. The number of nitrogens with one attached hydrogen (secondary N) is 2. The van der Waals surface area contributed by atoms with Crippen LogP contribution in [0.2, 0.25) is 0 Å². The fraction of sp³-hybridized carbons (Fsp3) is 0.